The van der Waals surface area contributed by atoms with Gasteiger partial charge in [0.1, 0.15) is 0 Å². The molecule has 1 aliphatic heterocycles. The van der Waals surface area contributed by atoms with Crippen LogP contribution in [-0.2, 0) is 27.0 Å². The molecule has 0 N–H and O–H groups in total. The molecule has 2 heterocycles. The van der Waals surface area contributed by atoms with E-state index >= 15 is 0 Å². The maximum Gasteiger partial charge on any atom is 0.416 e. The number of benzene rings is 2. The summed E-state index contributed by atoms with van der Waals surface area (Å²) in [5, 5.41) is 0.396. The normalized spacial score (nSPS) is 17.9. The average Bonchev–Trinajstić information content (AvgIpc) is 2.82. The van der Waals surface area contributed by atoms with E-state index in [1.165, 1.54) is 37.1 Å². The fourth-order valence-electron chi connectivity index (χ4n) is 4.50. The average molecular weight is 545 g/mol. The van der Waals surface area contributed by atoms with Crippen LogP contribution in [0.3, 0.4) is 0 Å². The van der Waals surface area contributed by atoms with E-state index in [0.29, 0.717) is 17.1 Å². The van der Waals surface area contributed by atoms with Crippen LogP contribution in [-0.4, -0.2) is 30.6 Å². The zero-order valence-electron chi connectivity index (χ0n) is 19.7. The van der Waals surface area contributed by atoms with E-state index in [-0.39, 0.29) is 24.9 Å². The molecule has 1 saturated heterocycles. The number of aromatic nitrogens is 1. The van der Waals surface area contributed by atoms with Crippen molar-refractivity contribution in [1.82, 2.24) is 4.98 Å². The summed E-state index contributed by atoms with van der Waals surface area (Å²) >= 11 is 0. The molecule has 1 fully saturated rings. The Labute approximate surface area is 209 Å². The van der Waals surface area contributed by atoms with E-state index in [9.17, 15) is 39.6 Å². The second-order valence-electron chi connectivity index (χ2n) is 9.47. The van der Waals surface area contributed by atoms with E-state index in [2.05, 4.69) is 4.98 Å². The van der Waals surface area contributed by atoms with Crippen LogP contribution in [0.25, 0.3) is 10.9 Å². The third-order valence-electron chi connectivity index (χ3n) is 6.88. The maximum absolute atomic E-state index is 13.4. The number of amides is 1. The summed E-state index contributed by atoms with van der Waals surface area (Å²) in [6.45, 7) is 2.90. The lowest BCUT2D eigenvalue weighted by atomic mass is 9.85. The highest BCUT2D eigenvalue weighted by Crippen LogP contribution is 2.41. The highest BCUT2D eigenvalue weighted by atomic mass is 32.2. The van der Waals surface area contributed by atoms with Crippen LogP contribution in [0.5, 0.6) is 0 Å². The van der Waals surface area contributed by atoms with Crippen LogP contribution in [0.4, 0.5) is 32.0 Å². The molecule has 0 unspecified atom stereocenters. The zero-order valence-corrected chi connectivity index (χ0v) is 20.5. The molecule has 0 bridgehead atoms. The van der Waals surface area contributed by atoms with Crippen molar-refractivity contribution in [3.63, 3.8) is 0 Å². The van der Waals surface area contributed by atoms with Crippen molar-refractivity contribution in [2.75, 3.05) is 11.4 Å². The predicted octanol–water partition coefficient (Wildman–Crippen LogP) is 6.27. The molecule has 1 amide bonds. The van der Waals surface area contributed by atoms with Gasteiger partial charge in [-0.25, -0.2) is 8.42 Å². The SMILES string of the molecule is CC(C)([C@@H]1CCN(c2cnc3cc(C(F)(F)F)ccc3c2)C(=O)C1)S(=O)(=O)c1cccc(C(F)(F)F)c1. The van der Waals surface area contributed by atoms with Crippen LogP contribution < -0.4 is 4.90 Å². The summed E-state index contributed by atoms with van der Waals surface area (Å²) in [6, 6.07) is 8.14. The molecule has 3 aromatic rings. The zero-order chi connectivity index (χ0) is 27.4. The number of anilines is 1. The first-order chi connectivity index (χ1) is 17.0. The largest absolute Gasteiger partial charge is 0.416 e. The van der Waals surface area contributed by atoms with E-state index < -0.39 is 54.8 Å². The fourth-order valence-corrected chi connectivity index (χ4v) is 6.28. The number of hydrogen-bond acceptors (Lipinski definition) is 4. The molecule has 2 aromatic carbocycles. The monoisotopic (exact) mass is 544 g/mol. The first-order valence-corrected chi connectivity index (χ1v) is 12.7. The molecule has 4 rings (SSSR count). The number of carbonyl (C=O) groups excluding carboxylic acids is 1. The number of hydrogen-bond donors (Lipinski definition) is 0. The van der Waals surface area contributed by atoms with Crippen LogP contribution >= 0.6 is 0 Å². The Morgan fingerprint density at radius 2 is 1.57 bits per heavy atom. The molecule has 1 aliphatic rings. The van der Waals surface area contributed by atoms with Gasteiger partial charge in [-0.3, -0.25) is 9.78 Å². The summed E-state index contributed by atoms with van der Waals surface area (Å²) < 4.78 is 103. The number of halogens is 6. The Bertz CT molecular complexity index is 1470. The van der Waals surface area contributed by atoms with Crippen LogP contribution in [0.15, 0.2) is 59.6 Å². The number of pyridine rings is 1. The molecule has 0 radical (unpaired) electrons. The molecule has 1 atom stereocenters. The van der Waals surface area contributed by atoms with Gasteiger partial charge in [-0.1, -0.05) is 12.1 Å². The van der Waals surface area contributed by atoms with Gasteiger partial charge in [0.05, 0.1) is 38.2 Å². The molecule has 5 nitrogen and oxygen atoms in total. The topological polar surface area (TPSA) is 67.3 Å². The van der Waals surface area contributed by atoms with Crippen molar-refractivity contribution in [3.8, 4) is 0 Å². The van der Waals surface area contributed by atoms with Gasteiger partial charge in [0, 0.05) is 18.4 Å². The van der Waals surface area contributed by atoms with Gasteiger partial charge in [-0.2, -0.15) is 26.3 Å². The van der Waals surface area contributed by atoms with Gasteiger partial charge in [0.2, 0.25) is 5.91 Å². The number of carbonyl (C=O) groups is 1. The van der Waals surface area contributed by atoms with Crippen molar-refractivity contribution in [2.24, 2.45) is 5.92 Å². The Balaban J connectivity index is 1.56. The molecule has 1 aromatic heterocycles. The molecule has 12 heteroatoms. The lowest BCUT2D eigenvalue weighted by Crippen LogP contribution is -2.48. The van der Waals surface area contributed by atoms with Crippen molar-refractivity contribution in [3.05, 3.63) is 65.9 Å². The first-order valence-electron chi connectivity index (χ1n) is 11.2. The molecular weight excluding hydrogens is 522 g/mol. The lowest BCUT2D eigenvalue weighted by Gasteiger charge is -2.39. The molecule has 198 valence electrons. The molecule has 0 spiro atoms. The minimum atomic E-state index is -4.71. The maximum atomic E-state index is 13.4. The standard InChI is InChI=1S/C25H22F6N2O3S/c1-23(2,37(35,36)20-5-3-4-17(11-20)24(26,27)28)16-8-9-33(22(34)13-16)19-10-15-6-7-18(25(29,30)31)12-21(15)32-14-19/h3-7,10-12,14,16H,8-9,13H2,1-2H3/t16-/m1/s1. The summed E-state index contributed by atoms with van der Waals surface area (Å²) in [6.07, 6.45) is -7.89. The van der Waals surface area contributed by atoms with Gasteiger partial charge in [-0.15, -0.1) is 0 Å². The van der Waals surface area contributed by atoms with E-state index in [1.807, 2.05) is 0 Å². The predicted molar refractivity (Wildman–Crippen MR) is 125 cm³/mol. The number of sulfone groups is 1. The Hall–Kier alpha value is -3.15. The fraction of sp³-hybridized carbons (Fsp3) is 0.360. The molecule has 0 saturated carbocycles. The Morgan fingerprint density at radius 3 is 2.19 bits per heavy atom. The van der Waals surface area contributed by atoms with Crippen LogP contribution in [0, 0.1) is 5.92 Å². The van der Waals surface area contributed by atoms with Gasteiger partial charge < -0.3 is 4.90 Å². The summed E-state index contributed by atoms with van der Waals surface area (Å²) in [4.78, 5) is 18.0. The number of piperidine rings is 1. The molecule has 0 aliphatic carbocycles. The lowest BCUT2D eigenvalue weighted by molar-refractivity contribution is -0.138. The molecule has 37 heavy (non-hydrogen) atoms. The van der Waals surface area contributed by atoms with Gasteiger partial charge in [0.15, 0.2) is 9.84 Å². The highest BCUT2D eigenvalue weighted by molar-refractivity contribution is 7.92. The quantitative estimate of drug-likeness (QED) is 0.363. The Morgan fingerprint density at radius 1 is 0.919 bits per heavy atom. The van der Waals surface area contributed by atoms with Crippen molar-refractivity contribution in [1.29, 1.82) is 0 Å². The van der Waals surface area contributed by atoms with Crippen molar-refractivity contribution < 1.29 is 39.6 Å². The molecular formula is C25H22F6N2O3S. The number of nitrogens with zero attached hydrogens (tertiary/aromatic N) is 2. The number of fused-ring (bicyclic) bond motifs is 1. The van der Waals surface area contributed by atoms with E-state index in [0.717, 1.165) is 30.3 Å². The van der Waals surface area contributed by atoms with Crippen LogP contribution in [0.2, 0.25) is 0 Å². The smallest absolute Gasteiger partial charge is 0.311 e. The third kappa shape index (κ3) is 5.03. The van der Waals surface area contributed by atoms with E-state index in [4.69, 9.17) is 0 Å². The first kappa shape index (κ1) is 26.9. The van der Waals surface area contributed by atoms with Gasteiger partial charge in [-0.05, 0) is 62.6 Å². The van der Waals surface area contributed by atoms with Crippen molar-refractivity contribution >= 4 is 32.3 Å². The summed E-state index contributed by atoms with van der Waals surface area (Å²) in [5.74, 6) is -1.10. The summed E-state index contributed by atoms with van der Waals surface area (Å²) in [5.41, 5.74) is -1.47. The second-order valence-corrected chi connectivity index (χ2v) is 12.0. The Kier molecular flexibility index (Phi) is 6.54. The van der Waals surface area contributed by atoms with Crippen molar-refractivity contribution in [2.45, 2.75) is 48.7 Å². The minimum Gasteiger partial charge on any atom is -0.311 e. The number of alkyl halides is 6. The van der Waals surface area contributed by atoms with Gasteiger partial charge in [0.25, 0.3) is 0 Å². The number of rotatable bonds is 4. The third-order valence-corrected chi connectivity index (χ3v) is 9.47. The van der Waals surface area contributed by atoms with Gasteiger partial charge >= 0.3 is 12.4 Å². The highest BCUT2D eigenvalue weighted by Gasteiger charge is 2.46. The summed E-state index contributed by atoms with van der Waals surface area (Å²) in [7, 11) is -4.25. The van der Waals surface area contributed by atoms with E-state index in [1.54, 1.807) is 0 Å². The minimum absolute atomic E-state index is 0.106. The second kappa shape index (κ2) is 9.00. The van der Waals surface area contributed by atoms with Crippen LogP contribution in [0.1, 0.15) is 37.8 Å².